The summed E-state index contributed by atoms with van der Waals surface area (Å²) in [5, 5.41) is 6.91. The molecular formula is C12H20N2O. The first-order chi connectivity index (χ1) is 7.34. The molecule has 0 amide bonds. The van der Waals surface area contributed by atoms with Gasteiger partial charge >= 0.3 is 0 Å². The monoisotopic (exact) mass is 208 g/mol. The standard InChI is InChI=1S/C12H20N2O/c1-10-7-11(9-15-10)8-13-5-2-6-14-12-3-4-12/h7,9,12-14H,2-6,8H2,1H3. The average molecular weight is 208 g/mol. The summed E-state index contributed by atoms with van der Waals surface area (Å²) in [6.45, 7) is 5.11. The van der Waals surface area contributed by atoms with Gasteiger partial charge in [-0.15, -0.1) is 0 Å². The Morgan fingerprint density at radius 1 is 1.40 bits per heavy atom. The van der Waals surface area contributed by atoms with E-state index in [1.165, 1.54) is 24.8 Å². The molecule has 1 aliphatic carbocycles. The molecule has 3 nitrogen and oxygen atoms in total. The van der Waals surface area contributed by atoms with Crippen molar-refractivity contribution in [3.63, 3.8) is 0 Å². The minimum absolute atomic E-state index is 0.835. The number of nitrogens with one attached hydrogen (secondary N) is 2. The molecule has 3 heteroatoms. The van der Waals surface area contributed by atoms with Gasteiger partial charge in [0.1, 0.15) is 5.76 Å². The largest absolute Gasteiger partial charge is 0.469 e. The third-order valence-corrected chi connectivity index (χ3v) is 2.65. The van der Waals surface area contributed by atoms with Gasteiger partial charge in [0.05, 0.1) is 6.26 Å². The van der Waals surface area contributed by atoms with Crippen LogP contribution in [0, 0.1) is 6.92 Å². The van der Waals surface area contributed by atoms with Gasteiger partial charge in [-0.3, -0.25) is 0 Å². The normalized spacial score (nSPS) is 15.8. The van der Waals surface area contributed by atoms with Crippen molar-refractivity contribution in [2.45, 2.75) is 38.8 Å². The van der Waals surface area contributed by atoms with Gasteiger partial charge in [-0.2, -0.15) is 0 Å². The Bertz CT molecular complexity index is 292. The van der Waals surface area contributed by atoms with Gasteiger partial charge in [-0.05, 0) is 45.3 Å². The molecule has 0 bridgehead atoms. The minimum atomic E-state index is 0.835. The second-order valence-corrected chi connectivity index (χ2v) is 4.32. The molecule has 15 heavy (non-hydrogen) atoms. The van der Waals surface area contributed by atoms with E-state index < -0.39 is 0 Å². The van der Waals surface area contributed by atoms with Crippen LogP contribution in [0.1, 0.15) is 30.6 Å². The number of hydrogen-bond acceptors (Lipinski definition) is 3. The molecule has 1 aromatic heterocycles. The lowest BCUT2D eigenvalue weighted by molar-refractivity contribution is 0.528. The highest BCUT2D eigenvalue weighted by Gasteiger charge is 2.19. The fourth-order valence-corrected chi connectivity index (χ4v) is 1.63. The zero-order valence-electron chi connectivity index (χ0n) is 9.38. The highest BCUT2D eigenvalue weighted by atomic mass is 16.3. The Kier molecular flexibility index (Phi) is 3.80. The van der Waals surface area contributed by atoms with Crippen LogP contribution in [0.3, 0.4) is 0 Å². The van der Waals surface area contributed by atoms with Crippen LogP contribution in [0.15, 0.2) is 16.7 Å². The SMILES string of the molecule is Cc1cc(CNCCCNC2CC2)co1. The fraction of sp³-hybridized carbons (Fsp3) is 0.667. The summed E-state index contributed by atoms with van der Waals surface area (Å²) in [5.74, 6) is 0.988. The number of furan rings is 1. The van der Waals surface area contributed by atoms with Crippen molar-refractivity contribution in [2.24, 2.45) is 0 Å². The van der Waals surface area contributed by atoms with Crippen LogP contribution in [0.25, 0.3) is 0 Å². The lowest BCUT2D eigenvalue weighted by atomic mass is 10.3. The van der Waals surface area contributed by atoms with Gasteiger partial charge in [0.15, 0.2) is 0 Å². The summed E-state index contributed by atoms with van der Waals surface area (Å²) in [7, 11) is 0. The lowest BCUT2D eigenvalue weighted by Crippen LogP contribution is -2.22. The van der Waals surface area contributed by atoms with E-state index in [0.717, 1.165) is 31.4 Å². The van der Waals surface area contributed by atoms with Crippen LogP contribution in [-0.2, 0) is 6.54 Å². The smallest absolute Gasteiger partial charge is 0.101 e. The zero-order valence-corrected chi connectivity index (χ0v) is 9.38. The molecule has 84 valence electrons. The maximum Gasteiger partial charge on any atom is 0.101 e. The lowest BCUT2D eigenvalue weighted by Gasteiger charge is -2.03. The second kappa shape index (κ2) is 5.33. The summed E-state index contributed by atoms with van der Waals surface area (Å²) in [4.78, 5) is 0. The van der Waals surface area contributed by atoms with Crippen molar-refractivity contribution >= 4 is 0 Å². The predicted octanol–water partition coefficient (Wildman–Crippen LogP) is 1.82. The van der Waals surface area contributed by atoms with Gasteiger partial charge in [-0.25, -0.2) is 0 Å². The molecule has 0 unspecified atom stereocenters. The first-order valence-corrected chi connectivity index (χ1v) is 5.83. The van der Waals surface area contributed by atoms with Crippen LogP contribution < -0.4 is 10.6 Å². The van der Waals surface area contributed by atoms with Crippen LogP contribution >= 0.6 is 0 Å². The molecule has 1 fully saturated rings. The molecular weight excluding hydrogens is 188 g/mol. The Balaban J connectivity index is 1.47. The zero-order chi connectivity index (χ0) is 10.5. The fourth-order valence-electron chi connectivity index (χ4n) is 1.63. The van der Waals surface area contributed by atoms with E-state index in [9.17, 15) is 0 Å². The quantitative estimate of drug-likeness (QED) is 0.671. The van der Waals surface area contributed by atoms with Crippen LogP contribution in [-0.4, -0.2) is 19.1 Å². The topological polar surface area (TPSA) is 37.2 Å². The Morgan fingerprint density at radius 2 is 2.27 bits per heavy atom. The first-order valence-electron chi connectivity index (χ1n) is 5.83. The van der Waals surface area contributed by atoms with Gasteiger partial charge < -0.3 is 15.1 Å². The number of hydrogen-bond donors (Lipinski definition) is 2. The van der Waals surface area contributed by atoms with Crippen LogP contribution in [0.5, 0.6) is 0 Å². The van der Waals surface area contributed by atoms with Gasteiger partial charge in [0.2, 0.25) is 0 Å². The number of aryl methyl sites for hydroxylation is 1. The van der Waals surface area contributed by atoms with Crippen molar-refractivity contribution in [3.8, 4) is 0 Å². The van der Waals surface area contributed by atoms with Gasteiger partial charge in [0.25, 0.3) is 0 Å². The molecule has 1 heterocycles. The van der Waals surface area contributed by atoms with Crippen molar-refractivity contribution in [1.29, 1.82) is 0 Å². The molecule has 0 aromatic carbocycles. The molecule has 0 spiro atoms. The third kappa shape index (κ3) is 4.06. The summed E-state index contributed by atoms with van der Waals surface area (Å²) >= 11 is 0. The van der Waals surface area contributed by atoms with Crippen molar-refractivity contribution in [3.05, 3.63) is 23.7 Å². The van der Waals surface area contributed by atoms with E-state index in [1.54, 1.807) is 0 Å². The Labute approximate surface area is 91.2 Å². The average Bonchev–Trinajstić information content (AvgIpc) is 2.95. The molecule has 1 saturated carbocycles. The van der Waals surface area contributed by atoms with E-state index >= 15 is 0 Å². The molecule has 1 aliphatic rings. The predicted molar refractivity (Wildman–Crippen MR) is 60.8 cm³/mol. The summed E-state index contributed by atoms with van der Waals surface area (Å²) in [6.07, 6.45) is 5.78. The highest BCUT2D eigenvalue weighted by molar-refractivity contribution is 5.10. The van der Waals surface area contributed by atoms with E-state index in [1.807, 2.05) is 13.2 Å². The van der Waals surface area contributed by atoms with Crippen molar-refractivity contribution in [2.75, 3.05) is 13.1 Å². The molecule has 1 aromatic rings. The molecule has 0 radical (unpaired) electrons. The van der Waals surface area contributed by atoms with E-state index in [4.69, 9.17) is 4.42 Å². The summed E-state index contributed by atoms with van der Waals surface area (Å²) in [5.41, 5.74) is 1.24. The Hall–Kier alpha value is -0.800. The van der Waals surface area contributed by atoms with E-state index in [0.29, 0.717) is 0 Å². The third-order valence-electron chi connectivity index (χ3n) is 2.65. The van der Waals surface area contributed by atoms with Crippen molar-refractivity contribution < 1.29 is 4.42 Å². The second-order valence-electron chi connectivity index (χ2n) is 4.32. The maximum atomic E-state index is 5.23. The summed E-state index contributed by atoms with van der Waals surface area (Å²) < 4.78 is 5.23. The number of rotatable bonds is 7. The minimum Gasteiger partial charge on any atom is -0.469 e. The van der Waals surface area contributed by atoms with Gasteiger partial charge in [0, 0.05) is 18.2 Å². The van der Waals surface area contributed by atoms with E-state index in [2.05, 4.69) is 16.7 Å². The summed E-state index contributed by atoms with van der Waals surface area (Å²) in [6, 6.07) is 2.91. The first kappa shape index (κ1) is 10.7. The van der Waals surface area contributed by atoms with Crippen molar-refractivity contribution in [1.82, 2.24) is 10.6 Å². The molecule has 2 rings (SSSR count). The highest BCUT2D eigenvalue weighted by Crippen LogP contribution is 2.18. The molecule has 0 atom stereocenters. The van der Waals surface area contributed by atoms with Crippen LogP contribution in [0.2, 0.25) is 0 Å². The maximum absolute atomic E-state index is 5.23. The molecule has 2 N–H and O–H groups in total. The Morgan fingerprint density at radius 3 is 2.93 bits per heavy atom. The van der Waals surface area contributed by atoms with Crippen LogP contribution in [0.4, 0.5) is 0 Å². The molecule has 0 aliphatic heterocycles. The van der Waals surface area contributed by atoms with E-state index in [-0.39, 0.29) is 0 Å². The molecule has 0 saturated heterocycles. The van der Waals surface area contributed by atoms with Gasteiger partial charge in [-0.1, -0.05) is 0 Å².